The second-order valence-corrected chi connectivity index (χ2v) is 7.27. The summed E-state index contributed by atoms with van der Waals surface area (Å²) in [6.07, 6.45) is 1.74. The number of amides is 1. The van der Waals surface area contributed by atoms with Crippen molar-refractivity contribution < 1.29 is 9.21 Å². The molecule has 0 atom stereocenters. The van der Waals surface area contributed by atoms with Gasteiger partial charge in [-0.05, 0) is 35.9 Å². The van der Waals surface area contributed by atoms with E-state index in [1.165, 1.54) is 4.57 Å². The number of anilines is 1. The molecule has 0 aliphatic carbocycles. The maximum absolute atomic E-state index is 12.7. The molecule has 5 rings (SSSR count). The van der Waals surface area contributed by atoms with Crippen LogP contribution < -0.4 is 16.4 Å². The van der Waals surface area contributed by atoms with Gasteiger partial charge in [-0.25, -0.2) is 4.98 Å². The second-order valence-electron chi connectivity index (χ2n) is 7.27. The Morgan fingerprint density at radius 1 is 1.03 bits per heavy atom. The molecule has 2 aromatic heterocycles. The first-order valence-electron chi connectivity index (χ1n) is 10.1. The van der Waals surface area contributed by atoms with Crippen LogP contribution in [-0.4, -0.2) is 15.5 Å². The van der Waals surface area contributed by atoms with Crippen LogP contribution in [0.5, 0.6) is 0 Å². The van der Waals surface area contributed by atoms with Gasteiger partial charge in [0.25, 0.3) is 5.56 Å². The second kappa shape index (κ2) is 7.60. The summed E-state index contributed by atoms with van der Waals surface area (Å²) in [4.78, 5) is 29.9. The van der Waals surface area contributed by atoms with E-state index in [-0.39, 0.29) is 17.9 Å². The number of carbonyl (C=O) groups excluding carboxylic acids is 1. The van der Waals surface area contributed by atoms with E-state index in [0.717, 1.165) is 27.3 Å². The highest BCUT2D eigenvalue weighted by Gasteiger charge is 2.14. The minimum atomic E-state index is -0.263. The Morgan fingerprint density at radius 2 is 1.81 bits per heavy atom. The molecule has 0 bridgehead atoms. The van der Waals surface area contributed by atoms with Gasteiger partial charge in [0.05, 0.1) is 23.6 Å². The number of rotatable bonds is 5. The molecule has 0 saturated carbocycles. The number of furan rings is 1. The lowest BCUT2D eigenvalue weighted by Crippen LogP contribution is -2.35. The largest absolute Gasteiger partial charge is 0.464 e. The van der Waals surface area contributed by atoms with E-state index in [9.17, 15) is 9.59 Å². The molecule has 2 heterocycles. The lowest BCUT2D eigenvalue weighted by molar-refractivity contribution is -0.119. The summed E-state index contributed by atoms with van der Waals surface area (Å²) in [5.41, 5.74) is 7.43. The van der Waals surface area contributed by atoms with Gasteiger partial charge in [-0.1, -0.05) is 42.5 Å². The third-order valence-electron chi connectivity index (χ3n) is 5.38. The molecular formula is C24H20N4O3. The zero-order chi connectivity index (χ0) is 21.4. The smallest absolute Gasteiger partial charge is 0.262 e. The molecule has 0 radical (unpaired) electrons. The summed E-state index contributed by atoms with van der Waals surface area (Å²) >= 11 is 0. The van der Waals surface area contributed by atoms with Gasteiger partial charge in [0.1, 0.15) is 5.58 Å². The molecule has 154 valence electrons. The molecule has 3 aromatic carbocycles. The first kappa shape index (κ1) is 18.9. The van der Waals surface area contributed by atoms with Crippen LogP contribution in [0.3, 0.4) is 0 Å². The molecule has 7 heteroatoms. The fourth-order valence-corrected chi connectivity index (χ4v) is 3.90. The Kier molecular flexibility index (Phi) is 4.63. The van der Waals surface area contributed by atoms with Gasteiger partial charge in [0.15, 0.2) is 0 Å². The number of aromatic nitrogens is 2. The van der Waals surface area contributed by atoms with Gasteiger partial charge >= 0.3 is 0 Å². The van der Waals surface area contributed by atoms with Crippen molar-refractivity contribution in [1.82, 2.24) is 15.0 Å². The van der Waals surface area contributed by atoms with E-state index in [1.54, 1.807) is 24.5 Å². The number of para-hydroxylation sites is 1. The van der Waals surface area contributed by atoms with Crippen molar-refractivity contribution >= 4 is 44.5 Å². The maximum atomic E-state index is 12.7. The van der Waals surface area contributed by atoms with E-state index in [4.69, 9.17) is 4.42 Å². The SMILES string of the molecule is CCn1c(NNC(=O)Cc2coc3ccc4ccccc4c23)nc2ccccc2c1=O. The molecule has 0 aliphatic rings. The summed E-state index contributed by atoms with van der Waals surface area (Å²) in [7, 11) is 0. The third kappa shape index (κ3) is 3.30. The molecule has 0 unspecified atom stereocenters. The van der Waals surface area contributed by atoms with Gasteiger partial charge in [0.2, 0.25) is 11.9 Å². The van der Waals surface area contributed by atoms with Gasteiger partial charge in [0, 0.05) is 17.5 Å². The molecule has 0 fully saturated rings. The number of hydrazine groups is 1. The third-order valence-corrected chi connectivity index (χ3v) is 5.38. The molecule has 7 nitrogen and oxygen atoms in total. The standard InChI is InChI=1S/C24H20N4O3/c1-2-28-23(30)18-9-5-6-10-19(18)25-24(28)27-26-21(29)13-16-14-31-20-12-11-15-7-3-4-8-17(15)22(16)20/h3-12,14H,2,13H2,1H3,(H,25,27)(H,26,29). The van der Waals surface area contributed by atoms with Crippen LogP contribution in [0.4, 0.5) is 5.95 Å². The number of carbonyl (C=O) groups is 1. The summed E-state index contributed by atoms with van der Waals surface area (Å²) in [6, 6.07) is 19.1. The van der Waals surface area contributed by atoms with E-state index < -0.39 is 0 Å². The zero-order valence-electron chi connectivity index (χ0n) is 16.9. The van der Waals surface area contributed by atoms with Crippen LogP contribution in [0.2, 0.25) is 0 Å². The van der Waals surface area contributed by atoms with E-state index >= 15 is 0 Å². The van der Waals surface area contributed by atoms with Crippen LogP contribution in [0.1, 0.15) is 12.5 Å². The monoisotopic (exact) mass is 412 g/mol. The van der Waals surface area contributed by atoms with Gasteiger partial charge in [-0.2, -0.15) is 0 Å². The van der Waals surface area contributed by atoms with Crippen molar-refractivity contribution in [1.29, 1.82) is 0 Å². The predicted molar refractivity (Wildman–Crippen MR) is 121 cm³/mol. The highest BCUT2D eigenvalue weighted by molar-refractivity contribution is 6.08. The molecule has 0 spiro atoms. The van der Waals surface area contributed by atoms with E-state index in [2.05, 4.69) is 15.8 Å². The Bertz CT molecular complexity index is 1500. The van der Waals surface area contributed by atoms with Crippen molar-refractivity contribution in [2.45, 2.75) is 19.9 Å². The summed E-state index contributed by atoms with van der Waals surface area (Å²) in [5.74, 6) is 0.0303. The van der Waals surface area contributed by atoms with Crippen LogP contribution in [0.25, 0.3) is 32.6 Å². The van der Waals surface area contributed by atoms with Crippen molar-refractivity contribution in [3.05, 3.63) is 82.8 Å². The fraction of sp³-hybridized carbons (Fsp3) is 0.125. The molecule has 5 aromatic rings. The average Bonchev–Trinajstić information content (AvgIpc) is 3.21. The normalized spacial score (nSPS) is 11.3. The van der Waals surface area contributed by atoms with E-state index in [0.29, 0.717) is 23.4 Å². The molecule has 0 aliphatic heterocycles. The summed E-state index contributed by atoms with van der Waals surface area (Å²) in [6.45, 7) is 2.28. The average molecular weight is 412 g/mol. The Labute approximate surface area is 177 Å². The number of benzene rings is 3. The first-order valence-corrected chi connectivity index (χ1v) is 10.1. The summed E-state index contributed by atoms with van der Waals surface area (Å²) < 4.78 is 7.15. The molecule has 31 heavy (non-hydrogen) atoms. The topological polar surface area (TPSA) is 89.2 Å². The van der Waals surface area contributed by atoms with E-state index in [1.807, 2.05) is 49.4 Å². The van der Waals surface area contributed by atoms with Gasteiger partial charge in [-0.15, -0.1) is 0 Å². The predicted octanol–water partition coefficient (Wildman–Crippen LogP) is 4.00. The van der Waals surface area contributed by atoms with Crippen molar-refractivity contribution in [3.8, 4) is 0 Å². The van der Waals surface area contributed by atoms with Crippen LogP contribution in [0.15, 0.2) is 76.1 Å². The first-order chi connectivity index (χ1) is 15.2. The quantitative estimate of drug-likeness (QED) is 0.426. The number of hydrogen-bond donors (Lipinski definition) is 2. The number of nitrogens with zero attached hydrogens (tertiary/aromatic N) is 2. The van der Waals surface area contributed by atoms with Crippen LogP contribution >= 0.6 is 0 Å². The fourth-order valence-electron chi connectivity index (χ4n) is 3.90. The highest BCUT2D eigenvalue weighted by Crippen LogP contribution is 2.30. The zero-order valence-corrected chi connectivity index (χ0v) is 16.9. The number of nitrogens with one attached hydrogen (secondary N) is 2. The van der Waals surface area contributed by atoms with Crippen LogP contribution in [0, 0.1) is 0 Å². The minimum Gasteiger partial charge on any atom is -0.464 e. The van der Waals surface area contributed by atoms with Crippen molar-refractivity contribution in [2.24, 2.45) is 0 Å². The molecule has 0 saturated heterocycles. The molecular weight excluding hydrogens is 392 g/mol. The maximum Gasteiger partial charge on any atom is 0.262 e. The van der Waals surface area contributed by atoms with Crippen molar-refractivity contribution in [3.63, 3.8) is 0 Å². The Hall–Kier alpha value is -4.13. The molecule has 2 N–H and O–H groups in total. The lowest BCUT2D eigenvalue weighted by Gasteiger charge is -2.14. The van der Waals surface area contributed by atoms with Gasteiger partial charge in [-0.3, -0.25) is 25.0 Å². The number of hydrogen-bond acceptors (Lipinski definition) is 5. The minimum absolute atomic E-state index is 0.123. The van der Waals surface area contributed by atoms with Crippen LogP contribution in [-0.2, 0) is 17.8 Å². The summed E-state index contributed by atoms with van der Waals surface area (Å²) in [5, 5.41) is 3.60. The highest BCUT2D eigenvalue weighted by atomic mass is 16.3. The molecule has 1 amide bonds. The Balaban J connectivity index is 1.41. The Morgan fingerprint density at radius 3 is 2.65 bits per heavy atom. The lowest BCUT2D eigenvalue weighted by atomic mass is 10.0. The van der Waals surface area contributed by atoms with Crippen molar-refractivity contribution in [2.75, 3.05) is 5.43 Å². The van der Waals surface area contributed by atoms with Gasteiger partial charge < -0.3 is 4.42 Å². The number of fused-ring (bicyclic) bond motifs is 4.